The van der Waals surface area contributed by atoms with Gasteiger partial charge in [0.05, 0.1) is 0 Å². The molecule has 4 heterocycles. The molecule has 1 aromatic carbocycles. The van der Waals surface area contributed by atoms with E-state index >= 15 is 0 Å². The highest BCUT2D eigenvalue weighted by molar-refractivity contribution is 6.30. The van der Waals surface area contributed by atoms with Gasteiger partial charge in [-0.3, -0.25) is 0 Å². The average Bonchev–Trinajstić information content (AvgIpc) is 3.41. The Morgan fingerprint density at radius 2 is 1.84 bits per heavy atom. The highest BCUT2D eigenvalue weighted by atomic mass is 35.5. The second kappa shape index (κ2) is 7.92. The van der Waals surface area contributed by atoms with Crippen LogP contribution in [-0.4, -0.2) is 43.9 Å². The van der Waals surface area contributed by atoms with E-state index in [4.69, 9.17) is 26.4 Å². The van der Waals surface area contributed by atoms with Crippen LogP contribution in [0.15, 0.2) is 36.7 Å². The minimum absolute atomic E-state index is 0.0844. The van der Waals surface area contributed by atoms with Crippen LogP contribution < -0.4 is 15.0 Å². The number of benzene rings is 1. The van der Waals surface area contributed by atoms with Crippen molar-refractivity contribution >= 4 is 23.4 Å². The summed E-state index contributed by atoms with van der Waals surface area (Å²) in [5.74, 6) is 4.57. The minimum atomic E-state index is -0.0844. The molecule has 2 bridgehead atoms. The van der Waals surface area contributed by atoms with E-state index in [0.717, 1.165) is 55.1 Å². The zero-order chi connectivity index (χ0) is 21.7. The van der Waals surface area contributed by atoms with Crippen molar-refractivity contribution in [3.05, 3.63) is 53.2 Å². The largest absolute Gasteiger partial charge is 0.482 e. The number of hydrogen-bond donors (Lipinski definition) is 1. The molecule has 0 radical (unpaired) electrons. The second-order valence-electron chi connectivity index (χ2n) is 9.06. The van der Waals surface area contributed by atoms with Crippen LogP contribution in [0.25, 0.3) is 0 Å². The molecule has 1 saturated heterocycles. The fraction of sp³-hybridized carbons (Fsp3) is 0.478. The molecule has 166 valence electrons. The molecule has 1 unspecified atom stereocenters. The van der Waals surface area contributed by atoms with E-state index in [1.165, 1.54) is 12.8 Å². The van der Waals surface area contributed by atoms with Crippen molar-refractivity contribution in [2.45, 2.75) is 44.9 Å². The first kappa shape index (κ1) is 19.8. The number of rotatable bonds is 5. The Kier molecular flexibility index (Phi) is 4.90. The molecule has 2 aliphatic heterocycles. The molecule has 32 heavy (non-hydrogen) atoms. The number of aromatic nitrogens is 5. The molecule has 3 aromatic rings. The number of fused-ring (bicyclic) bond motifs is 3. The summed E-state index contributed by atoms with van der Waals surface area (Å²) in [5.41, 5.74) is 1.01. The lowest BCUT2D eigenvalue weighted by Gasteiger charge is -2.38. The summed E-state index contributed by atoms with van der Waals surface area (Å²) in [6.45, 7) is 4.84. The number of piperidine rings is 1. The van der Waals surface area contributed by atoms with E-state index in [-0.39, 0.29) is 6.10 Å². The Labute approximate surface area is 192 Å². The van der Waals surface area contributed by atoms with E-state index in [1.54, 1.807) is 6.33 Å². The van der Waals surface area contributed by atoms with Gasteiger partial charge in [-0.2, -0.15) is 4.98 Å². The summed E-state index contributed by atoms with van der Waals surface area (Å²) in [5, 5.41) is 9.11. The van der Waals surface area contributed by atoms with Gasteiger partial charge in [-0.25, -0.2) is 14.6 Å². The highest BCUT2D eigenvalue weighted by Gasteiger charge is 2.43. The van der Waals surface area contributed by atoms with Gasteiger partial charge in [0.2, 0.25) is 5.95 Å². The van der Waals surface area contributed by atoms with Gasteiger partial charge in [0.15, 0.2) is 11.9 Å². The third kappa shape index (κ3) is 3.66. The quantitative estimate of drug-likeness (QED) is 0.630. The average molecular weight is 452 g/mol. The lowest BCUT2D eigenvalue weighted by molar-refractivity contribution is 0.203. The van der Waals surface area contributed by atoms with E-state index < -0.39 is 0 Å². The smallest absolute Gasteiger partial charge is 0.242 e. The molecule has 2 fully saturated rings. The highest BCUT2D eigenvalue weighted by Crippen LogP contribution is 2.40. The van der Waals surface area contributed by atoms with Gasteiger partial charge in [0.1, 0.15) is 17.9 Å². The van der Waals surface area contributed by atoms with Gasteiger partial charge in [-0.15, -0.1) is 5.10 Å². The maximum Gasteiger partial charge on any atom is 0.242 e. The third-order valence-corrected chi connectivity index (χ3v) is 7.18. The van der Waals surface area contributed by atoms with Crippen molar-refractivity contribution in [2.24, 2.45) is 11.8 Å². The fourth-order valence-electron chi connectivity index (χ4n) is 5.38. The molecular weight excluding hydrogens is 426 g/mol. The van der Waals surface area contributed by atoms with Crippen LogP contribution in [0.5, 0.6) is 5.75 Å². The topological polar surface area (TPSA) is 81.0 Å². The molecule has 1 N–H and O–H groups in total. The van der Waals surface area contributed by atoms with Crippen LogP contribution in [-0.2, 0) is 6.54 Å². The first-order valence-corrected chi connectivity index (χ1v) is 11.7. The van der Waals surface area contributed by atoms with Crippen molar-refractivity contribution in [2.75, 3.05) is 23.3 Å². The summed E-state index contributed by atoms with van der Waals surface area (Å²) < 4.78 is 8.13. The first-order valence-electron chi connectivity index (χ1n) is 11.3. The molecule has 8 nitrogen and oxygen atoms in total. The molecular formula is C23H26ClN7O. The van der Waals surface area contributed by atoms with Gasteiger partial charge in [-0.1, -0.05) is 11.6 Å². The molecule has 4 atom stereocenters. The SMILES string of the molecule is Cc1cc(N2C[C@H]3CC[C@@H](C2)C3Nc2nc3n(n2)CC[C@@H]3Oc2ccc(Cl)cc2)ncn1. The summed E-state index contributed by atoms with van der Waals surface area (Å²) in [7, 11) is 0. The zero-order valence-corrected chi connectivity index (χ0v) is 18.7. The van der Waals surface area contributed by atoms with Crippen molar-refractivity contribution in [3.8, 4) is 5.75 Å². The van der Waals surface area contributed by atoms with E-state index in [9.17, 15) is 0 Å². The minimum Gasteiger partial charge on any atom is -0.482 e. The molecule has 3 aliphatic rings. The molecule has 0 amide bonds. The van der Waals surface area contributed by atoms with Crippen LogP contribution in [0.3, 0.4) is 0 Å². The number of ether oxygens (including phenoxy) is 1. The van der Waals surface area contributed by atoms with Crippen molar-refractivity contribution in [1.82, 2.24) is 24.7 Å². The number of nitrogens with zero attached hydrogens (tertiary/aromatic N) is 6. The van der Waals surface area contributed by atoms with Crippen LogP contribution in [0.2, 0.25) is 5.02 Å². The molecule has 1 saturated carbocycles. The Morgan fingerprint density at radius 3 is 2.59 bits per heavy atom. The van der Waals surface area contributed by atoms with Gasteiger partial charge in [0.25, 0.3) is 0 Å². The lowest BCUT2D eigenvalue weighted by Crippen LogP contribution is -2.48. The zero-order valence-electron chi connectivity index (χ0n) is 18.0. The van der Waals surface area contributed by atoms with Gasteiger partial charge >= 0.3 is 0 Å². The molecule has 9 heteroatoms. The molecule has 1 aliphatic carbocycles. The standard InChI is InChI=1S/C23H26ClN7O/c1-14-10-20(26-13-25-14)30-11-15-2-3-16(12-30)21(15)27-23-28-22-19(8-9-31(22)29-23)32-18-6-4-17(24)5-7-18/h4-7,10,13,15-16,19,21H,2-3,8-9,11-12H2,1H3,(H,27,29)/t15-,16+,19-,21?/m0/s1. The molecule has 0 spiro atoms. The van der Waals surface area contributed by atoms with Gasteiger partial charge in [0, 0.05) is 48.9 Å². The first-order chi connectivity index (χ1) is 15.6. The summed E-state index contributed by atoms with van der Waals surface area (Å²) in [6.07, 6.45) is 4.90. The van der Waals surface area contributed by atoms with Crippen LogP contribution in [0, 0.1) is 18.8 Å². The Bertz CT molecular complexity index is 1100. The Balaban J connectivity index is 1.14. The number of halogens is 1. The van der Waals surface area contributed by atoms with Crippen LogP contribution >= 0.6 is 11.6 Å². The van der Waals surface area contributed by atoms with Crippen LogP contribution in [0.4, 0.5) is 11.8 Å². The maximum atomic E-state index is 6.16. The number of anilines is 2. The molecule has 2 aromatic heterocycles. The van der Waals surface area contributed by atoms with Gasteiger partial charge < -0.3 is 15.0 Å². The Hall–Kier alpha value is -2.87. The molecule has 6 rings (SSSR count). The second-order valence-corrected chi connectivity index (χ2v) is 9.49. The van der Waals surface area contributed by atoms with Crippen molar-refractivity contribution in [1.29, 1.82) is 0 Å². The monoisotopic (exact) mass is 451 g/mol. The van der Waals surface area contributed by atoms with Crippen molar-refractivity contribution in [3.63, 3.8) is 0 Å². The normalized spacial score (nSPS) is 26.2. The van der Waals surface area contributed by atoms with E-state index in [2.05, 4.69) is 26.3 Å². The number of aryl methyl sites for hydroxylation is 2. The van der Waals surface area contributed by atoms with Crippen LogP contribution in [0.1, 0.15) is 36.9 Å². The predicted molar refractivity (Wildman–Crippen MR) is 122 cm³/mol. The number of hydrogen-bond acceptors (Lipinski definition) is 7. The summed E-state index contributed by atoms with van der Waals surface area (Å²) in [4.78, 5) is 16.0. The summed E-state index contributed by atoms with van der Waals surface area (Å²) >= 11 is 5.99. The van der Waals surface area contributed by atoms with Gasteiger partial charge in [-0.05, 0) is 55.9 Å². The van der Waals surface area contributed by atoms with Crippen molar-refractivity contribution < 1.29 is 4.74 Å². The maximum absolute atomic E-state index is 6.16. The van der Waals surface area contributed by atoms with E-state index in [0.29, 0.717) is 22.9 Å². The number of nitrogens with one attached hydrogen (secondary N) is 1. The summed E-state index contributed by atoms with van der Waals surface area (Å²) in [6, 6.07) is 9.95. The lowest BCUT2D eigenvalue weighted by atomic mass is 9.92. The fourth-order valence-corrected chi connectivity index (χ4v) is 5.51. The van der Waals surface area contributed by atoms with E-state index in [1.807, 2.05) is 35.9 Å². The third-order valence-electron chi connectivity index (χ3n) is 6.93. The predicted octanol–water partition coefficient (Wildman–Crippen LogP) is 3.88. The Morgan fingerprint density at radius 1 is 1.06 bits per heavy atom.